The van der Waals surface area contributed by atoms with Crippen LogP contribution in [0.2, 0.25) is 0 Å². The monoisotopic (exact) mass is 219 g/mol. The van der Waals surface area contributed by atoms with Gasteiger partial charge in [-0.05, 0) is 13.0 Å². The minimum absolute atomic E-state index is 0.222. The molecule has 0 radical (unpaired) electrons. The van der Waals surface area contributed by atoms with E-state index in [2.05, 4.69) is 4.98 Å². The van der Waals surface area contributed by atoms with Crippen LogP contribution >= 0.6 is 0 Å². The summed E-state index contributed by atoms with van der Waals surface area (Å²) in [6.07, 6.45) is 1.21. The second-order valence-electron chi connectivity index (χ2n) is 3.65. The van der Waals surface area contributed by atoms with Gasteiger partial charge in [0.15, 0.2) is 5.89 Å². The number of phenolic OH excluding ortho intramolecular Hbond substituents is 1. The summed E-state index contributed by atoms with van der Waals surface area (Å²) in [5.74, 6) is 0.705. The van der Waals surface area contributed by atoms with Crippen LogP contribution in [0.1, 0.15) is 30.2 Å². The van der Waals surface area contributed by atoms with E-state index in [0.29, 0.717) is 18.0 Å². The Morgan fingerprint density at radius 1 is 1.38 bits per heavy atom. The molecule has 2 aromatic rings. The highest BCUT2D eigenvalue weighted by atomic mass is 16.3. The lowest BCUT2D eigenvalue weighted by Gasteiger charge is -2.00. The van der Waals surface area contributed by atoms with E-state index in [1.165, 1.54) is 6.26 Å². The molecule has 1 heterocycles. The zero-order valence-corrected chi connectivity index (χ0v) is 8.92. The number of aliphatic hydroxyl groups is 1. The fourth-order valence-electron chi connectivity index (χ4n) is 1.42. The van der Waals surface area contributed by atoms with Crippen molar-refractivity contribution in [2.45, 2.75) is 19.4 Å². The van der Waals surface area contributed by atoms with Gasteiger partial charge in [0.05, 0.1) is 12.5 Å². The van der Waals surface area contributed by atoms with Crippen molar-refractivity contribution in [2.75, 3.05) is 0 Å². The number of oxazole rings is 1. The first-order valence-electron chi connectivity index (χ1n) is 5.06. The van der Waals surface area contributed by atoms with E-state index in [9.17, 15) is 10.2 Å². The minimum Gasteiger partial charge on any atom is -0.508 e. The number of benzene rings is 1. The highest BCUT2D eigenvalue weighted by Gasteiger charge is 2.10. The largest absolute Gasteiger partial charge is 0.508 e. The molecule has 0 fully saturated rings. The molecule has 2 rings (SSSR count). The Bertz CT molecular complexity index is 477. The van der Waals surface area contributed by atoms with Gasteiger partial charge in [-0.2, -0.15) is 0 Å². The summed E-state index contributed by atoms with van der Waals surface area (Å²) in [5.41, 5.74) is 1.26. The van der Waals surface area contributed by atoms with E-state index in [1.54, 1.807) is 19.1 Å². The molecule has 0 bridgehead atoms. The van der Waals surface area contributed by atoms with Crippen LogP contribution in [0.4, 0.5) is 0 Å². The Balaban J connectivity index is 2.18. The van der Waals surface area contributed by atoms with E-state index < -0.39 is 6.10 Å². The van der Waals surface area contributed by atoms with Crippen LogP contribution < -0.4 is 0 Å². The zero-order valence-electron chi connectivity index (χ0n) is 8.92. The predicted octanol–water partition coefficient (Wildman–Crippen LogP) is 2.02. The maximum atomic E-state index is 9.57. The third kappa shape index (κ3) is 2.23. The van der Waals surface area contributed by atoms with Gasteiger partial charge in [-0.1, -0.05) is 18.2 Å². The van der Waals surface area contributed by atoms with Crippen molar-refractivity contribution in [1.29, 1.82) is 0 Å². The van der Waals surface area contributed by atoms with Gasteiger partial charge in [0.2, 0.25) is 0 Å². The van der Waals surface area contributed by atoms with E-state index in [-0.39, 0.29) is 5.75 Å². The molecule has 0 spiro atoms. The summed E-state index contributed by atoms with van der Waals surface area (Å²) in [4.78, 5) is 4.12. The highest BCUT2D eigenvalue weighted by Crippen LogP contribution is 2.20. The van der Waals surface area contributed by atoms with Crippen molar-refractivity contribution in [3.8, 4) is 5.75 Å². The van der Waals surface area contributed by atoms with Gasteiger partial charge in [0.1, 0.15) is 17.7 Å². The molecule has 0 saturated carbocycles. The molecule has 0 amide bonds. The van der Waals surface area contributed by atoms with Crippen LogP contribution in [0, 0.1) is 0 Å². The van der Waals surface area contributed by atoms with Crippen LogP contribution in [0.5, 0.6) is 5.75 Å². The van der Waals surface area contributed by atoms with Gasteiger partial charge in [0, 0.05) is 5.56 Å². The third-order valence-corrected chi connectivity index (χ3v) is 2.33. The fraction of sp³-hybridized carbons (Fsp3) is 0.250. The molecule has 0 aliphatic heterocycles. The van der Waals surface area contributed by atoms with Crippen LogP contribution in [0.25, 0.3) is 0 Å². The van der Waals surface area contributed by atoms with Gasteiger partial charge in [0.25, 0.3) is 0 Å². The first kappa shape index (κ1) is 10.7. The third-order valence-electron chi connectivity index (χ3n) is 2.33. The lowest BCUT2D eigenvalue weighted by molar-refractivity contribution is 0.194. The Labute approximate surface area is 93.2 Å². The van der Waals surface area contributed by atoms with Crippen molar-refractivity contribution in [2.24, 2.45) is 0 Å². The Hall–Kier alpha value is -1.81. The van der Waals surface area contributed by atoms with E-state index in [0.717, 1.165) is 5.56 Å². The number of aliphatic hydroxyl groups excluding tert-OH is 1. The summed E-state index contributed by atoms with van der Waals surface area (Å²) in [6.45, 7) is 1.63. The van der Waals surface area contributed by atoms with E-state index in [4.69, 9.17) is 4.42 Å². The van der Waals surface area contributed by atoms with E-state index in [1.807, 2.05) is 12.1 Å². The molecular formula is C12H13NO3. The van der Waals surface area contributed by atoms with Crippen LogP contribution in [0.3, 0.4) is 0 Å². The molecule has 0 saturated heterocycles. The summed E-state index contributed by atoms with van der Waals surface area (Å²) < 4.78 is 5.20. The normalized spacial score (nSPS) is 12.6. The van der Waals surface area contributed by atoms with Crippen LogP contribution in [-0.2, 0) is 6.42 Å². The molecule has 1 aromatic carbocycles. The molecule has 16 heavy (non-hydrogen) atoms. The second-order valence-corrected chi connectivity index (χ2v) is 3.65. The lowest BCUT2D eigenvalue weighted by atomic mass is 10.1. The molecule has 1 atom stereocenters. The summed E-state index contributed by atoms with van der Waals surface area (Å²) in [6, 6.07) is 7.03. The van der Waals surface area contributed by atoms with Crippen LogP contribution in [-0.4, -0.2) is 15.2 Å². The first-order chi connectivity index (χ1) is 7.66. The summed E-state index contributed by atoms with van der Waals surface area (Å²) in [7, 11) is 0. The number of para-hydroxylation sites is 1. The minimum atomic E-state index is -0.637. The van der Waals surface area contributed by atoms with Gasteiger partial charge < -0.3 is 14.6 Å². The van der Waals surface area contributed by atoms with Gasteiger partial charge in [-0.25, -0.2) is 4.98 Å². The molecule has 4 nitrogen and oxygen atoms in total. The lowest BCUT2D eigenvalue weighted by Crippen LogP contribution is -1.93. The fourth-order valence-corrected chi connectivity index (χ4v) is 1.42. The van der Waals surface area contributed by atoms with Crippen molar-refractivity contribution in [3.05, 3.63) is 47.7 Å². The predicted molar refractivity (Wildman–Crippen MR) is 58.0 cm³/mol. The first-order valence-corrected chi connectivity index (χ1v) is 5.06. The number of rotatable bonds is 3. The van der Waals surface area contributed by atoms with Crippen molar-refractivity contribution >= 4 is 0 Å². The quantitative estimate of drug-likeness (QED) is 0.828. The Morgan fingerprint density at radius 3 is 2.75 bits per heavy atom. The Kier molecular flexibility index (Phi) is 2.92. The van der Waals surface area contributed by atoms with Crippen molar-refractivity contribution in [3.63, 3.8) is 0 Å². The maximum absolute atomic E-state index is 9.57. The molecule has 2 N–H and O–H groups in total. The molecule has 4 heteroatoms. The standard InChI is InChI=1S/C12H13NO3/c1-8(14)10-7-16-12(13-10)6-9-4-2-3-5-11(9)15/h2-5,7-8,14-15H,6H2,1H3. The van der Waals surface area contributed by atoms with Gasteiger partial charge in [-0.3, -0.25) is 0 Å². The van der Waals surface area contributed by atoms with Crippen LogP contribution in [0.15, 0.2) is 34.9 Å². The highest BCUT2D eigenvalue weighted by molar-refractivity contribution is 5.33. The van der Waals surface area contributed by atoms with E-state index >= 15 is 0 Å². The zero-order chi connectivity index (χ0) is 11.5. The molecule has 84 valence electrons. The molecule has 0 aliphatic rings. The number of phenols is 1. The summed E-state index contributed by atoms with van der Waals surface area (Å²) in [5, 5.41) is 18.9. The molecule has 1 unspecified atom stereocenters. The number of hydrogen-bond acceptors (Lipinski definition) is 4. The van der Waals surface area contributed by atoms with Gasteiger partial charge >= 0.3 is 0 Å². The summed E-state index contributed by atoms with van der Waals surface area (Å²) >= 11 is 0. The SMILES string of the molecule is CC(O)c1coc(Cc2ccccc2O)n1. The van der Waals surface area contributed by atoms with Crippen molar-refractivity contribution in [1.82, 2.24) is 4.98 Å². The number of aromatic nitrogens is 1. The Morgan fingerprint density at radius 2 is 2.12 bits per heavy atom. The number of aromatic hydroxyl groups is 1. The topological polar surface area (TPSA) is 66.5 Å². The molecule has 0 aliphatic carbocycles. The molecule has 1 aromatic heterocycles. The maximum Gasteiger partial charge on any atom is 0.198 e. The average Bonchev–Trinajstić information content (AvgIpc) is 2.70. The number of hydrogen-bond donors (Lipinski definition) is 2. The molecular weight excluding hydrogens is 206 g/mol. The average molecular weight is 219 g/mol. The van der Waals surface area contributed by atoms with Crippen molar-refractivity contribution < 1.29 is 14.6 Å². The van der Waals surface area contributed by atoms with Gasteiger partial charge in [-0.15, -0.1) is 0 Å². The second kappa shape index (κ2) is 4.37. The number of nitrogens with zero attached hydrogens (tertiary/aromatic N) is 1. The smallest absolute Gasteiger partial charge is 0.198 e.